The van der Waals surface area contributed by atoms with Crippen LogP contribution in [0.5, 0.6) is 11.5 Å². The lowest BCUT2D eigenvalue weighted by molar-refractivity contribution is 0.0474. The molecule has 35 heavy (non-hydrogen) atoms. The van der Waals surface area contributed by atoms with Crippen LogP contribution in [0.1, 0.15) is 20.7 Å². The highest BCUT2D eigenvalue weighted by molar-refractivity contribution is 7.89. The molecule has 0 N–H and O–H groups in total. The van der Waals surface area contributed by atoms with Crippen molar-refractivity contribution in [3.63, 3.8) is 0 Å². The number of carbonyl (C=O) groups is 2. The zero-order valence-corrected chi connectivity index (χ0v) is 20.2. The molecule has 1 saturated heterocycles. The van der Waals surface area contributed by atoms with Gasteiger partial charge in [0.25, 0.3) is 0 Å². The third-order valence-electron chi connectivity index (χ3n) is 5.69. The topological polar surface area (TPSA) is 108 Å². The van der Waals surface area contributed by atoms with E-state index in [-0.39, 0.29) is 48.3 Å². The van der Waals surface area contributed by atoms with Crippen LogP contribution >= 0.6 is 0 Å². The molecule has 0 bridgehead atoms. The molecule has 0 aliphatic carbocycles. The molecule has 3 aromatic rings. The molecule has 1 fully saturated rings. The largest absolute Gasteiger partial charge is 0.497 e. The molecule has 0 aromatic heterocycles. The van der Waals surface area contributed by atoms with Crippen molar-refractivity contribution in [2.75, 3.05) is 47.1 Å². The second kappa shape index (κ2) is 10.4. The third-order valence-corrected chi connectivity index (χ3v) is 7.61. The maximum Gasteiger partial charge on any atom is 0.338 e. The van der Waals surface area contributed by atoms with Gasteiger partial charge in [-0.2, -0.15) is 4.31 Å². The predicted molar refractivity (Wildman–Crippen MR) is 128 cm³/mol. The maximum absolute atomic E-state index is 13.1. The van der Waals surface area contributed by atoms with E-state index in [0.717, 1.165) is 10.8 Å². The number of hydrogen-bond donors (Lipinski definition) is 0. The average molecular weight is 500 g/mol. The van der Waals surface area contributed by atoms with Gasteiger partial charge < -0.3 is 18.9 Å². The average Bonchev–Trinajstić information content (AvgIpc) is 2.90. The van der Waals surface area contributed by atoms with Crippen molar-refractivity contribution in [1.29, 1.82) is 0 Å². The number of rotatable bonds is 8. The minimum absolute atomic E-state index is 0.00367. The van der Waals surface area contributed by atoms with E-state index < -0.39 is 22.6 Å². The first kappa shape index (κ1) is 24.6. The Morgan fingerprint density at radius 2 is 1.57 bits per heavy atom. The lowest BCUT2D eigenvalue weighted by Gasteiger charge is -2.26. The van der Waals surface area contributed by atoms with Crippen LogP contribution in [0.2, 0.25) is 0 Å². The van der Waals surface area contributed by atoms with Crippen LogP contribution in [0.3, 0.4) is 0 Å². The first-order valence-corrected chi connectivity index (χ1v) is 12.3. The molecule has 1 aliphatic rings. The SMILES string of the molecule is COc1ccc2cc(C(=O)COC(=O)c3ccc(OC)c(S(=O)(=O)N4CCOCC4)c3)ccc2c1. The molecular weight excluding hydrogens is 474 g/mol. The van der Waals surface area contributed by atoms with Crippen LogP contribution in [-0.2, 0) is 19.5 Å². The van der Waals surface area contributed by atoms with Gasteiger partial charge in [-0.25, -0.2) is 13.2 Å². The standard InChI is InChI=1S/C25H25NO8S/c1-31-21-7-5-17-13-19(4-3-18(17)14-21)22(27)16-34-25(28)20-6-8-23(32-2)24(15-20)35(29,30)26-9-11-33-12-10-26/h3-8,13-15H,9-12,16H2,1-2H3. The van der Waals surface area contributed by atoms with Gasteiger partial charge in [-0.3, -0.25) is 4.79 Å². The second-order valence-corrected chi connectivity index (χ2v) is 9.72. The molecule has 1 aliphatic heterocycles. The van der Waals surface area contributed by atoms with E-state index in [1.54, 1.807) is 31.4 Å². The molecule has 184 valence electrons. The number of ether oxygens (including phenoxy) is 4. The molecule has 0 saturated carbocycles. The second-order valence-electron chi connectivity index (χ2n) is 7.81. The minimum atomic E-state index is -3.92. The van der Waals surface area contributed by atoms with E-state index in [9.17, 15) is 18.0 Å². The molecule has 9 nitrogen and oxygen atoms in total. The Kier molecular flexibility index (Phi) is 7.34. The highest BCUT2D eigenvalue weighted by atomic mass is 32.2. The van der Waals surface area contributed by atoms with E-state index >= 15 is 0 Å². The first-order chi connectivity index (χ1) is 16.8. The molecule has 0 spiro atoms. The summed E-state index contributed by atoms with van der Waals surface area (Å²) in [5.74, 6) is -0.382. The van der Waals surface area contributed by atoms with Crippen molar-refractivity contribution in [2.24, 2.45) is 0 Å². The van der Waals surface area contributed by atoms with Gasteiger partial charge in [0.1, 0.15) is 16.4 Å². The summed E-state index contributed by atoms with van der Waals surface area (Å²) in [5.41, 5.74) is 0.386. The van der Waals surface area contributed by atoms with Crippen LogP contribution in [0, 0.1) is 0 Å². The Labute approximate surface area is 203 Å². The van der Waals surface area contributed by atoms with Crippen LogP contribution < -0.4 is 9.47 Å². The van der Waals surface area contributed by atoms with Crippen LogP contribution in [0.15, 0.2) is 59.5 Å². The molecular formula is C25H25NO8S. The van der Waals surface area contributed by atoms with Crippen LogP contribution in [0.25, 0.3) is 10.8 Å². The highest BCUT2D eigenvalue weighted by Crippen LogP contribution is 2.29. The summed E-state index contributed by atoms with van der Waals surface area (Å²) in [6, 6.07) is 14.6. The van der Waals surface area contributed by atoms with Crippen LogP contribution in [-0.4, -0.2) is 71.6 Å². The molecule has 10 heteroatoms. The van der Waals surface area contributed by atoms with Gasteiger partial charge in [0.2, 0.25) is 10.0 Å². The summed E-state index contributed by atoms with van der Waals surface area (Å²) >= 11 is 0. The van der Waals surface area contributed by atoms with E-state index in [1.807, 2.05) is 12.1 Å². The van der Waals surface area contributed by atoms with E-state index in [1.165, 1.54) is 29.6 Å². The number of nitrogens with zero attached hydrogens (tertiary/aromatic N) is 1. The number of carbonyl (C=O) groups excluding carboxylic acids is 2. The lowest BCUT2D eigenvalue weighted by atomic mass is 10.0. The number of benzene rings is 3. The summed E-state index contributed by atoms with van der Waals surface area (Å²) in [4.78, 5) is 25.2. The van der Waals surface area contributed by atoms with Gasteiger partial charge in [-0.15, -0.1) is 0 Å². The monoisotopic (exact) mass is 499 g/mol. The fourth-order valence-electron chi connectivity index (χ4n) is 3.75. The Bertz CT molecular complexity index is 1360. The summed E-state index contributed by atoms with van der Waals surface area (Å²) in [6.07, 6.45) is 0. The molecule has 0 radical (unpaired) electrons. The molecule has 1 heterocycles. The number of hydrogen-bond acceptors (Lipinski definition) is 8. The van der Waals surface area contributed by atoms with Crippen molar-refractivity contribution in [3.05, 3.63) is 65.7 Å². The Balaban J connectivity index is 1.49. The fourth-order valence-corrected chi connectivity index (χ4v) is 5.34. The lowest BCUT2D eigenvalue weighted by Crippen LogP contribution is -2.40. The van der Waals surface area contributed by atoms with Gasteiger partial charge in [0.15, 0.2) is 12.4 Å². The van der Waals surface area contributed by atoms with E-state index in [0.29, 0.717) is 11.3 Å². The van der Waals surface area contributed by atoms with E-state index in [2.05, 4.69) is 0 Å². The van der Waals surface area contributed by atoms with Crippen molar-refractivity contribution in [3.8, 4) is 11.5 Å². The van der Waals surface area contributed by atoms with Crippen molar-refractivity contribution < 1.29 is 37.0 Å². The molecule has 0 atom stereocenters. The van der Waals surface area contributed by atoms with Gasteiger partial charge in [0.05, 0.1) is 33.0 Å². The Hall–Kier alpha value is -3.47. The first-order valence-electron chi connectivity index (χ1n) is 10.9. The summed E-state index contributed by atoms with van der Waals surface area (Å²) in [6.45, 7) is 0.486. The van der Waals surface area contributed by atoms with Gasteiger partial charge >= 0.3 is 5.97 Å². The number of esters is 1. The number of fused-ring (bicyclic) bond motifs is 1. The highest BCUT2D eigenvalue weighted by Gasteiger charge is 2.30. The number of sulfonamides is 1. The summed E-state index contributed by atoms with van der Waals surface area (Å²) < 4.78 is 48.4. The number of methoxy groups -OCH3 is 2. The molecule has 3 aromatic carbocycles. The Morgan fingerprint density at radius 3 is 2.29 bits per heavy atom. The summed E-state index contributed by atoms with van der Waals surface area (Å²) in [7, 11) is -0.985. The number of ketones is 1. The maximum atomic E-state index is 13.1. The molecule has 0 amide bonds. The Morgan fingerprint density at radius 1 is 0.886 bits per heavy atom. The van der Waals surface area contributed by atoms with Crippen molar-refractivity contribution >= 4 is 32.5 Å². The van der Waals surface area contributed by atoms with Crippen molar-refractivity contribution in [2.45, 2.75) is 4.90 Å². The third kappa shape index (κ3) is 5.29. The number of Topliss-reactive ketones (excluding diaryl/α,β-unsaturated/α-hetero) is 1. The minimum Gasteiger partial charge on any atom is -0.497 e. The zero-order valence-electron chi connectivity index (χ0n) is 19.4. The smallest absolute Gasteiger partial charge is 0.338 e. The van der Waals surface area contributed by atoms with Crippen LogP contribution in [0.4, 0.5) is 0 Å². The van der Waals surface area contributed by atoms with Gasteiger partial charge in [-0.1, -0.05) is 18.2 Å². The fraction of sp³-hybridized carbons (Fsp3) is 0.280. The predicted octanol–water partition coefficient (Wildman–Crippen LogP) is 2.92. The normalized spacial score (nSPS) is 14.5. The summed E-state index contributed by atoms with van der Waals surface area (Å²) in [5, 5.41) is 1.75. The molecule has 4 rings (SSSR count). The van der Waals surface area contributed by atoms with Gasteiger partial charge in [0, 0.05) is 18.7 Å². The van der Waals surface area contributed by atoms with E-state index in [4.69, 9.17) is 18.9 Å². The van der Waals surface area contributed by atoms with Gasteiger partial charge in [-0.05, 0) is 47.2 Å². The number of morpholine rings is 1. The zero-order chi connectivity index (χ0) is 25.0. The quantitative estimate of drug-likeness (QED) is 0.344. The molecule has 0 unspecified atom stereocenters. The van der Waals surface area contributed by atoms with Crippen molar-refractivity contribution in [1.82, 2.24) is 4.31 Å².